The lowest BCUT2D eigenvalue weighted by Crippen LogP contribution is -2.38. The molecule has 0 aliphatic carbocycles. The minimum Gasteiger partial charge on any atom is -0.354 e. The number of hydrogen-bond acceptors (Lipinski definition) is 3. The van der Waals surface area contributed by atoms with E-state index in [1.54, 1.807) is 12.1 Å². The molecule has 0 bridgehead atoms. The van der Waals surface area contributed by atoms with Crippen molar-refractivity contribution < 1.29 is 13.2 Å². The SMILES string of the molecule is FC(F)(F)c1ccccc1C1CCN=C2NCCN21. The molecule has 2 aliphatic rings. The van der Waals surface area contributed by atoms with Crippen LogP contribution in [0.15, 0.2) is 29.3 Å². The van der Waals surface area contributed by atoms with Crippen LogP contribution < -0.4 is 5.32 Å². The average molecular weight is 269 g/mol. The number of benzene rings is 1. The van der Waals surface area contributed by atoms with E-state index in [9.17, 15) is 13.2 Å². The van der Waals surface area contributed by atoms with Crippen LogP contribution in [-0.4, -0.2) is 30.5 Å². The van der Waals surface area contributed by atoms with Crippen molar-refractivity contribution in [1.29, 1.82) is 0 Å². The molecule has 1 fully saturated rings. The van der Waals surface area contributed by atoms with Crippen molar-refractivity contribution in [3.8, 4) is 0 Å². The molecule has 1 aromatic rings. The van der Waals surface area contributed by atoms with Crippen LogP contribution in [0.1, 0.15) is 23.6 Å². The number of nitrogens with zero attached hydrogens (tertiary/aromatic N) is 2. The van der Waals surface area contributed by atoms with Crippen molar-refractivity contribution in [2.24, 2.45) is 4.99 Å². The van der Waals surface area contributed by atoms with Gasteiger partial charge in [-0.1, -0.05) is 18.2 Å². The van der Waals surface area contributed by atoms with Gasteiger partial charge in [0.15, 0.2) is 5.96 Å². The maximum absolute atomic E-state index is 13.1. The molecule has 1 unspecified atom stereocenters. The second kappa shape index (κ2) is 4.43. The Labute approximate surface area is 109 Å². The lowest BCUT2D eigenvalue weighted by Gasteiger charge is -2.33. The van der Waals surface area contributed by atoms with Gasteiger partial charge in [-0.15, -0.1) is 0 Å². The topological polar surface area (TPSA) is 27.6 Å². The molecule has 3 rings (SSSR count). The Balaban J connectivity index is 2.01. The smallest absolute Gasteiger partial charge is 0.354 e. The van der Waals surface area contributed by atoms with Crippen LogP contribution in [0, 0.1) is 0 Å². The fraction of sp³-hybridized carbons (Fsp3) is 0.462. The normalized spacial score (nSPS) is 22.8. The zero-order chi connectivity index (χ0) is 13.5. The molecular weight excluding hydrogens is 255 g/mol. The number of alkyl halides is 3. The quantitative estimate of drug-likeness (QED) is 0.848. The molecule has 1 atom stereocenters. The summed E-state index contributed by atoms with van der Waals surface area (Å²) in [4.78, 5) is 6.25. The third-order valence-corrected chi connectivity index (χ3v) is 3.57. The van der Waals surface area contributed by atoms with Gasteiger partial charge in [-0.3, -0.25) is 4.99 Å². The number of rotatable bonds is 1. The van der Waals surface area contributed by atoms with Gasteiger partial charge in [0.05, 0.1) is 11.6 Å². The first kappa shape index (κ1) is 12.3. The van der Waals surface area contributed by atoms with Gasteiger partial charge in [-0.2, -0.15) is 13.2 Å². The minimum atomic E-state index is -4.31. The van der Waals surface area contributed by atoms with E-state index in [0.29, 0.717) is 25.1 Å². The lowest BCUT2D eigenvalue weighted by atomic mass is 9.95. The Morgan fingerprint density at radius 1 is 1.26 bits per heavy atom. The van der Waals surface area contributed by atoms with Crippen LogP contribution in [0.25, 0.3) is 0 Å². The molecule has 102 valence electrons. The second-order valence-electron chi connectivity index (χ2n) is 4.71. The molecule has 0 amide bonds. The zero-order valence-corrected chi connectivity index (χ0v) is 10.2. The van der Waals surface area contributed by atoms with Crippen LogP contribution in [0.3, 0.4) is 0 Å². The summed E-state index contributed by atoms with van der Waals surface area (Å²) in [5, 5.41) is 3.11. The van der Waals surface area contributed by atoms with Gasteiger partial charge in [-0.25, -0.2) is 0 Å². The Morgan fingerprint density at radius 2 is 2.05 bits per heavy atom. The fourth-order valence-electron chi connectivity index (χ4n) is 2.76. The van der Waals surface area contributed by atoms with Crippen LogP contribution in [0.5, 0.6) is 0 Å². The summed E-state index contributed by atoms with van der Waals surface area (Å²) in [6.45, 7) is 2.01. The standard InChI is InChI=1S/C13H14F3N3/c14-13(15,16)10-4-2-1-3-9(10)11-5-6-17-12-18-7-8-19(11)12/h1-4,11H,5-8H2,(H,17,18). The molecule has 19 heavy (non-hydrogen) atoms. The molecule has 2 heterocycles. The molecule has 1 N–H and O–H groups in total. The number of fused-ring (bicyclic) bond motifs is 1. The van der Waals surface area contributed by atoms with E-state index in [-0.39, 0.29) is 6.04 Å². The van der Waals surface area contributed by atoms with Gasteiger partial charge in [0.25, 0.3) is 0 Å². The van der Waals surface area contributed by atoms with Crippen molar-refractivity contribution in [1.82, 2.24) is 10.2 Å². The molecule has 1 aromatic carbocycles. The van der Waals surface area contributed by atoms with Crippen LogP contribution in [-0.2, 0) is 6.18 Å². The molecule has 0 spiro atoms. The summed E-state index contributed by atoms with van der Waals surface area (Å²) < 4.78 is 39.2. The van der Waals surface area contributed by atoms with Crippen LogP contribution >= 0.6 is 0 Å². The fourth-order valence-corrected chi connectivity index (χ4v) is 2.76. The summed E-state index contributed by atoms with van der Waals surface area (Å²) >= 11 is 0. The van der Waals surface area contributed by atoms with Crippen molar-refractivity contribution in [3.05, 3.63) is 35.4 Å². The van der Waals surface area contributed by atoms with Gasteiger partial charge in [0.2, 0.25) is 0 Å². The lowest BCUT2D eigenvalue weighted by molar-refractivity contribution is -0.138. The van der Waals surface area contributed by atoms with E-state index in [1.807, 2.05) is 4.90 Å². The van der Waals surface area contributed by atoms with E-state index < -0.39 is 11.7 Å². The molecule has 2 aliphatic heterocycles. The number of halogens is 3. The van der Waals surface area contributed by atoms with Crippen LogP contribution in [0.2, 0.25) is 0 Å². The highest BCUT2D eigenvalue weighted by atomic mass is 19.4. The van der Waals surface area contributed by atoms with Crippen molar-refractivity contribution in [2.45, 2.75) is 18.6 Å². The number of nitrogens with one attached hydrogen (secondary N) is 1. The Hall–Kier alpha value is -1.72. The predicted octanol–water partition coefficient (Wildman–Crippen LogP) is 2.41. The molecule has 3 nitrogen and oxygen atoms in total. The predicted molar refractivity (Wildman–Crippen MR) is 65.8 cm³/mol. The summed E-state index contributed by atoms with van der Waals surface area (Å²) in [6, 6.07) is 5.60. The van der Waals surface area contributed by atoms with Crippen molar-refractivity contribution >= 4 is 5.96 Å². The highest BCUT2D eigenvalue weighted by Crippen LogP contribution is 2.38. The zero-order valence-electron chi connectivity index (χ0n) is 10.2. The Morgan fingerprint density at radius 3 is 2.84 bits per heavy atom. The highest BCUT2D eigenvalue weighted by molar-refractivity contribution is 5.83. The molecule has 0 radical (unpaired) electrons. The van der Waals surface area contributed by atoms with Gasteiger partial charge >= 0.3 is 6.18 Å². The molecule has 1 saturated heterocycles. The highest BCUT2D eigenvalue weighted by Gasteiger charge is 2.38. The molecule has 6 heteroatoms. The van der Waals surface area contributed by atoms with E-state index in [0.717, 1.165) is 18.6 Å². The van der Waals surface area contributed by atoms with Gasteiger partial charge in [-0.05, 0) is 18.1 Å². The van der Waals surface area contributed by atoms with Gasteiger partial charge < -0.3 is 10.2 Å². The number of guanidine groups is 1. The van der Waals surface area contributed by atoms with E-state index in [4.69, 9.17) is 0 Å². The molecule has 0 saturated carbocycles. The largest absolute Gasteiger partial charge is 0.416 e. The van der Waals surface area contributed by atoms with E-state index in [2.05, 4.69) is 10.3 Å². The first-order valence-corrected chi connectivity index (χ1v) is 6.28. The first-order chi connectivity index (χ1) is 9.07. The average Bonchev–Trinajstić information content (AvgIpc) is 2.85. The maximum atomic E-state index is 13.1. The molecular formula is C13H14F3N3. The van der Waals surface area contributed by atoms with Crippen LogP contribution in [0.4, 0.5) is 13.2 Å². The minimum absolute atomic E-state index is 0.236. The molecule has 0 aromatic heterocycles. The Bertz CT molecular complexity index is 510. The monoisotopic (exact) mass is 269 g/mol. The van der Waals surface area contributed by atoms with Gasteiger partial charge in [0, 0.05) is 19.6 Å². The summed E-state index contributed by atoms with van der Waals surface area (Å²) in [5.74, 6) is 0.730. The Kier molecular flexibility index (Phi) is 2.88. The van der Waals surface area contributed by atoms with Crippen molar-refractivity contribution in [3.63, 3.8) is 0 Å². The van der Waals surface area contributed by atoms with E-state index in [1.165, 1.54) is 6.07 Å². The summed E-state index contributed by atoms with van der Waals surface area (Å²) in [5.41, 5.74) is -0.181. The van der Waals surface area contributed by atoms with Gasteiger partial charge in [0.1, 0.15) is 0 Å². The number of hydrogen-bond donors (Lipinski definition) is 1. The second-order valence-corrected chi connectivity index (χ2v) is 4.71. The van der Waals surface area contributed by atoms with E-state index >= 15 is 0 Å². The summed E-state index contributed by atoms with van der Waals surface area (Å²) in [7, 11) is 0. The number of aliphatic imine (C=N–C) groups is 1. The maximum Gasteiger partial charge on any atom is 0.416 e. The third kappa shape index (κ3) is 2.15. The van der Waals surface area contributed by atoms with Crippen molar-refractivity contribution in [2.75, 3.05) is 19.6 Å². The third-order valence-electron chi connectivity index (χ3n) is 3.57. The summed E-state index contributed by atoms with van der Waals surface area (Å²) in [6.07, 6.45) is -3.68. The first-order valence-electron chi connectivity index (χ1n) is 6.28.